The molecular formula is C17H21NS. The maximum atomic E-state index is 3.59. The third kappa shape index (κ3) is 2.90. The van der Waals surface area contributed by atoms with Gasteiger partial charge in [0.2, 0.25) is 0 Å². The predicted molar refractivity (Wildman–Crippen MR) is 82.7 cm³/mol. The Morgan fingerprint density at radius 2 is 1.95 bits per heavy atom. The summed E-state index contributed by atoms with van der Waals surface area (Å²) >= 11 is 2.00. The average molecular weight is 271 g/mol. The third-order valence-electron chi connectivity index (χ3n) is 3.91. The molecule has 0 spiro atoms. The van der Waals surface area contributed by atoms with Crippen molar-refractivity contribution < 1.29 is 0 Å². The molecule has 1 heterocycles. The number of aryl methyl sites for hydroxylation is 3. The fourth-order valence-corrected chi connectivity index (χ4v) is 4.10. The first kappa shape index (κ1) is 12.9. The molecule has 0 radical (unpaired) electrons. The monoisotopic (exact) mass is 271 g/mol. The summed E-state index contributed by atoms with van der Waals surface area (Å²) in [5, 5.41) is 3.59. The normalized spacial score (nSPS) is 13.7. The highest BCUT2D eigenvalue weighted by Gasteiger charge is 2.14. The number of hydrogen-bond donors (Lipinski definition) is 1. The summed E-state index contributed by atoms with van der Waals surface area (Å²) in [5.41, 5.74) is 4.51. The first-order valence-corrected chi connectivity index (χ1v) is 8.06. The molecule has 0 bridgehead atoms. The van der Waals surface area contributed by atoms with E-state index in [0.717, 1.165) is 19.5 Å². The van der Waals surface area contributed by atoms with E-state index in [0.29, 0.717) is 0 Å². The summed E-state index contributed by atoms with van der Waals surface area (Å²) in [4.78, 5) is 3.13. The molecule has 3 rings (SSSR count). The smallest absolute Gasteiger partial charge is 0.0303 e. The van der Waals surface area contributed by atoms with Crippen LogP contribution in [0.3, 0.4) is 0 Å². The van der Waals surface area contributed by atoms with Crippen molar-refractivity contribution in [2.75, 3.05) is 0 Å². The lowest BCUT2D eigenvalue weighted by atomic mass is 10.1. The number of rotatable bonds is 5. The zero-order chi connectivity index (χ0) is 13.1. The van der Waals surface area contributed by atoms with Gasteiger partial charge in [0.25, 0.3) is 0 Å². The van der Waals surface area contributed by atoms with E-state index < -0.39 is 0 Å². The summed E-state index contributed by atoms with van der Waals surface area (Å²) in [7, 11) is 0. The molecule has 0 amide bonds. The van der Waals surface area contributed by atoms with Crippen molar-refractivity contribution in [3.05, 3.63) is 56.8 Å². The number of thiophene rings is 1. The largest absolute Gasteiger partial charge is 0.308 e. The first-order chi connectivity index (χ1) is 9.36. The Morgan fingerprint density at radius 1 is 1.11 bits per heavy atom. The Labute approximate surface area is 119 Å². The van der Waals surface area contributed by atoms with Crippen LogP contribution in [0.5, 0.6) is 0 Å². The van der Waals surface area contributed by atoms with Crippen LogP contribution in [0.25, 0.3) is 0 Å². The van der Waals surface area contributed by atoms with Crippen molar-refractivity contribution in [3.8, 4) is 0 Å². The molecule has 2 heteroatoms. The number of benzene rings is 1. The second kappa shape index (κ2) is 5.89. The SMILES string of the molecule is CCc1ccccc1CNCc1cc2c(s1)CCC2. The number of nitrogens with one attached hydrogen (secondary N) is 1. The van der Waals surface area contributed by atoms with Crippen LogP contribution in [0.4, 0.5) is 0 Å². The highest BCUT2D eigenvalue weighted by atomic mass is 32.1. The van der Waals surface area contributed by atoms with Crippen molar-refractivity contribution >= 4 is 11.3 Å². The van der Waals surface area contributed by atoms with Gasteiger partial charge in [0.1, 0.15) is 0 Å². The molecule has 0 aliphatic heterocycles. The molecule has 1 nitrogen and oxygen atoms in total. The van der Waals surface area contributed by atoms with Gasteiger partial charge >= 0.3 is 0 Å². The van der Waals surface area contributed by atoms with E-state index in [4.69, 9.17) is 0 Å². The van der Waals surface area contributed by atoms with Crippen molar-refractivity contribution in [3.63, 3.8) is 0 Å². The summed E-state index contributed by atoms with van der Waals surface area (Å²) < 4.78 is 0. The zero-order valence-corrected chi connectivity index (χ0v) is 12.4. The van der Waals surface area contributed by atoms with Gasteiger partial charge < -0.3 is 5.32 Å². The summed E-state index contributed by atoms with van der Waals surface area (Å²) in [6, 6.07) is 11.1. The first-order valence-electron chi connectivity index (χ1n) is 7.24. The molecule has 0 saturated carbocycles. The molecule has 0 unspecified atom stereocenters. The number of fused-ring (bicyclic) bond motifs is 1. The molecule has 100 valence electrons. The molecular weight excluding hydrogens is 250 g/mol. The summed E-state index contributed by atoms with van der Waals surface area (Å²) in [6.07, 6.45) is 5.08. The Morgan fingerprint density at radius 3 is 2.74 bits per heavy atom. The molecule has 1 aromatic heterocycles. The second-order valence-electron chi connectivity index (χ2n) is 5.24. The lowest BCUT2D eigenvalue weighted by Crippen LogP contribution is -2.13. The van der Waals surface area contributed by atoms with Crippen LogP contribution in [0.15, 0.2) is 30.3 Å². The van der Waals surface area contributed by atoms with Gasteiger partial charge in [-0.2, -0.15) is 0 Å². The molecule has 2 aromatic rings. The van der Waals surface area contributed by atoms with Gasteiger partial charge in [0.15, 0.2) is 0 Å². The lowest BCUT2D eigenvalue weighted by molar-refractivity contribution is 0.695. The highest BCUT2D eigenvalue weighted by Crippen LogP contribution is 2.30. The van der Waals surface area contributed by atoms with E-state index in [1.54, 1.807) is 10.4 Å². The zero-order valence-electron chi connectivity index (χ0n) is 11.5. The second-order valence-corrected chi connectivity index (χ2v) is 6.46. The Hall–Kier alpha value is -1.12. The van der Waals surface area contributed by atoms with E-state index >= 15 is 0 Å². The van der Waals surface area contributed by atoms with Gasteiger partial charge in [-0.1, -0.05) is 31.2 Å². The van der Waals surface area contributed by atoms with Gasteiger partial charge in [-0.05, 0) is 48.4 Å². The molecule has 0 atom stereocenters. The summed E-state index contributed by atoms with van der Waals surface area (Å²) in [5.74, 6) is 0. The minimum atomic E-state index is 0.979. The average Bonchev–Trinajstić information content (AvgIpc) is 3.00. The predicted octanol–water partition coefficient (Wildman–Crippen LogP) is 4.09. The van der Waals surface area contributed by atoms with Crippen LogP contribution in [-0.2, 0) is 32.4 Å². The van der Waals surface area contributed by atoms with Crippen LogP contribution < -0.4 is 5.32 Å². The Balaban J connectivity index is 1.57. The highest BCUT2D eigenvalue weighted by molar-refractivity contribution is 7.12. The van der Waals surface area contributed by atoms with E-state index in [1.165, 1.54) is 35.3 Å². The molecule has 1 N–H and O–H groups in total. The van der Waals surface area contributed by atoms with Crippen LogP contribution >= 0.6 is 11.3 Å². The van der Waals surface area contributed by atoms with Crippen molar-refractivity contribution in [1.29, 1.82) is 0 Å². The van der Waals surface area contributed by atoms with Crippen LogP contribution in [0, 0.1) is 0 Å². The molecule has 1 aliphatic carbocycles. The standard InChI is InChI=1S/C17H21NS/c1-2-13-6-3-4-7-15(13)11-18-12-16-10-14-8-5-9-17(14)19-16/h3-4,6-7,10,18H,2,5,8-9,11-12H2,1H3. The van der Waals surface area contributed by atoms with Crippen molar-refractivity contribution in [2.24, 2.45) is 0 Å². The van der Waals surface area contributed by atoms with Gasteiger partial charge in [0, 0.05) is 22.8 Å². The van der Waals surface area contributed by atoms with E-state index in [-0.39, 0.29) is 0 Å². The van der Waals surface area contributed by atoms with Gasteiger partial charge in [0.05, 0.1) is 0 Å². The van der Waals surface area contributed by atoms with Crippen LogP contribution in [-0.4, -0.2) is 0 Å². The fraction of sp³-hybridized carbons (Fsp3) is 0.412. The lowest BCUT2D eigenvalue weighted by Gasteiger charge is -2.08. The fourth-order valence-electron chi connectivity index (χ4n) is 2.87. The Kier molecular flexibility index (Phi) is 4.00. The minimum Gasteiger partial charge on any atom is -0.308 e. The molecule has 19 heavy (non-hydrogen) atoms. The number of hydrogen-bond acceptors (Lipinski definition) is 2. The van der Waals surface area contributed by atoms with E-state index in [9.17, 15) is 0 Å². The van der Waals surface area contributed by atoms with Crippen molar-refractivity contribution in [1.82, 2.24) is 5.32 Å². The topological polar surface area (TPSA) is 12.0 Å². The van der Waals surface area contributed by atoms with E-state index in [2.05, 4.69) is 42.6 Å². The Bertz CT molecular complexity index is 535. The van der Waals surface area contributed by atoms with Crippen LogP contribution in [0.1, 0.15) is 39.8 Å². The molecule has 0 saturated heterocycles. The van der Waals surface area contributed by atoms with Crippen molar-refractivity contribution in [2.45, 2.75) is 45.7 Å². The molecule has 1 aromatic carbocycles. The quantitative estimate of drug-likeness (QED) is 0.863. The molecule has 0 fully saturated rings. The minimum absolute atomic E-state index is 0.979. The third-order valence-corrected chi connectivity index (χ3v) is 5.15. The molecule has 1 aliphatic rings. The van der Waals surface area contributed by atoms with Gasteiger partial charge in [-0.15, -0.1) is 11.3 Å². The summed E-state index contributed by atoms with van der Waals surface area (Å²) in [6.45, 7) is 4.21. The maximum Gasteiger partial charge on any atom is 0.0303 e. The van der Waals surface area contributed by atoms with E-state index in [1.807, 2.05) is 11.3 Å². The van der Waals surface area contributed by atoms with Gasteiger partial charge in [-0.3, -0.25) is 0 Å². The maximum absolute atomic E-state index is 3.59. The van der Waals surface area contributed by atoms with Gasteiger partial charge in [-0.25, -0.2) is 0 Å². The van der Waals surface area contributed by atoms with Crippen LogP contribution in [0.2, 0.25) is 0 Å².